The Morgan fingerprint density at radius 2 is 1.96 bits per heavy atom. The second kappa shape index (κ2) is 9.45. The number of rotatable bonds is 4. The lowest BCUT2D eigenvalue weighted by molar-refractivity contribution is 0.0530. The fourth-order valence-electron chi connectivity index (χ4n) is 2.71. The summed E-state index contributed by atoms with van der Waals surface area (Å²) in [6, 6.07) is 8.23. The number of carbonyl (C=O) groups is 1. The van der Waals surface area contributed by atoms with Crippen molar-refractivity contribution in [3.05, 3.63) is 34.7 Å². The Bertz CT molecular complexity index is 642. The molecule has 3 rings (SSSR count). The van der Waals surface area contributed by atoms with Gasteiger partial charge >= 0.3 is 5.97 Å². The molecule has 0 spiro atoms. The molecule has 0 amide bonds. The van der Waals surface area contributed by atoms with Crippen LogP contribution in [0.3, 0.4) is 0 Å². The zero-order valence-corrected chi connectivity index (χ0v) is 15.5. The van der Waals surface area contributed by atoms with E-state index < -0.39 is 0 Å². The molecule has 2 heterocycles. The molecule has 1 N–H and O–H groups in total. The van der Waals surface area contributed by atoms with E-state index >= 15 is 0 Å². The highest BCUT2D eigenvalue weighted by Crippen LogP contribution is 2.32. The molecule has 1 aromatic carbocycles. The smallest absolute Gasteiger partial charge is 0.348 e. The lowest BCUT2D eigenvalue weighted by atomic mass is 10.1. The lowest BCUT2D eigenvalue weighted by Gasteiger charge is -2.27. The average molecular weight is 377 g/mol. The average Bonchev–Trinajstić information content (AvgIpc) is 2.88. The summed E-state index contributed by atoms with van der Waals surface area (Å²) < 4.78 is 6.39. The molecule has 1 aliphatic rings. The summed E-state index contributed by atoms with van der Waals surface area (Å²) in [6.07, 6.45) is 0. The Morgan fingerprint density at radius 1 is 1.26 bits per heavy atom. The van der Waals surface area contributed by atoms with Crippen LogP contribution in [0.4, 0.5) is 0 Å². The molecule has 2 aromatic rings. The van der Waals surface area contributed by atoms with Gasteiger partial charge in [0.1, 0.15) is 4.88 Å². The molecular formula is C16H22Cl2N2O2S. The van der Waals surface area contributed by atoms with Gasteiger partial charge in [-0.05, 0) is 23.9 Å². The van der Waals surface area contributed by atoms with Crippen LogP contribution < -0.4 is 5.32 Å². The molecule has 0 unspecified atom stereocenters. The zero-order chi connectivity index (χ0) is 14.7. The molecule has 0 bridgehead atoms. The molecule has 0 radical (unpaired) electrons. The minimum Gasteiger partial charge on any atom is -0.462 e. The van der Waals surface area contributed by atoms with Gasteiger partial charge in [-0.15, -0.1) is 36.2 Å². The predicted octanol–water partition coefficient (Wildman–Crippen LogP) is 3.33. The molecule has 7 heteroatoms. The van der Waals surface area contributed by atoms with Gasteiger partial charge in [0.2, 0.25) is 0 Å². The standard InChI is InChI=1S/C16H20N2O2S.2ClH/c1-2-20-16(19)15-13(11-18-9-7-17-8-10-18)12-5-3-4-6-14(12)21-15;;/h3-6,17H,2,7-11H2,1H3;2*1H. The van der Waals surface area contributed by atoms with Crippen molar-refractivity contribution in [1.29, 1.82) is 0 Å². The van der Waals surface area contributed by atoms with E-state index in [4.69, 9.17) is 4.74 Å². The quantitative estimate of drug-likeness (QED) is 0.830. The summed E-state index contributed by atoms with van der Waals surface area (Å²) in [5.41, 5.74) is 1.12. The SMILES string of the molecule is CCOC(=O)c1sc2ccccc2c1CN1CCNCC1.Cl.Cl. The van der Waals surface area contributed by atoms with Crippen molar-refractivity contribution in [1.82, 2.24) is 10.2 Å². The van der Waals surface area contributed by atoms with Crippen LogP contribution in [0.5, 0.6) is 0 Å². The Balaban J connectivity index is 0.00000132. The number of nitrogens with zero attached hydrogens (tertiary/aromatic N) is 1. The first-order valence-electron chi connectivity index (χ1n) is 7.40. The van der Waals surface area contributed by atoms with E-state index in [-0.39, 0.29) is 30.8 Å². The molecule has 1 aromatic heterocycles. The van der Waals surface area contributed by atoms with Crippen molar-refractivity contribution >= 4 is 52.2 Å². The first-order valence-corrected chi connectivity index (χ1v) is 8.22. The van der Waals surface area contributed by atoms with Crippen LogP contribution in [0.25, 0.3) is 10.1 Å². The van der Waals surface area contributed by atoms with Crippen molar-refractivity contribution in [3.63, 3.8) is 0 Å². The fourth-order valence-corrected chi connectivity index (χ4v) is 3.82. The van der Waals surface area contributed by atoms with Crippen LogP contribution >= 0.6 is 36.2 Å². The molecule has 0 atom stereocenters. The van der Waals surface area contributed by atoms with E-state index in [2.05, 4.69) is 22.3 Å². The predicted molar refractivity (Wildman–Crippen MR) is 100 cm³/mol. The lowest BCUT2D eigenvalue weighted by Crippen LogP contribution is -2.43. The molecule has 1 aliphatic heterocycles. The fraction of sp³-hybridized carbons (Fsp3) is 0.438. The van der Waals surface area contributed by atoms with E-state index in [9.17, 15) is 4.79 Å². The first kappa shape index (κ1) is 20.2. The second-order valence-corrected chi connectivity index (χ2v) is 6.20. The van der Waals surface area contributed by atoms with Crippen LogP contribution in [-0.4, -0.2) is 43.7 Å². The number of piperazine rings is 1. The van der Waals surface area contributed by atoms with Gasteiger partial charge in [-0.3, -0.25) is 4.90 Å². The van der Waals surface area contributed by atoms with E-state index in [1.807, 2.05) is 19.1 Å². The number of ether oxygens (including phenoxy) is 1. The first-order chi connectivity index (χ1) is 10.3. The number of hydrogen-bond donors (Lipinski definition) is 1. The number of hydrogen-bond acceptors (Lipinski definition) is 5. The van der Waals surface area contributed by atoms with E-state index in [1.54, 1.807) is 11.3 Å². The molecular weight excluding hydrogens is 355 g/mol. The van der Waals surface area contributed by atoms with Crippen LogP contribution in [0, 0.1) is 0 Å². The maximum atomic E-state index is 12.2. The normalized spacial score (nSPS) is 14.8. The number of carbonyl (C=O) groups excluding carboxylic acids is 1. The number of thiophene rings is 1. The number of nitrogens with one attached hydrogen (secondary N) is 1. The Hall–Kier alpha value is -0.850. The molecule has 0 saturated carbocycles. The Morgan fingerprint density at radius 3 is 2.65 bits per heavy atom. The van der Waals surface area contributed by atoms with Gasteiger partial charge in [0.05, 0.1) is 6.61 Å². The van der Waals surface area contributed by atoms with Gasteiger partial charge in [0.15, 0.2) is 0 Å². The van der Waals surface area contributed by atoms with Crippen LogP contribution in [0.2, 0.25) is 0 Å². The largest absolute Gasteiger partial charge is 0.462 e. The Kier molecular flexibility index (Phi) is 8.29. The van der Waals surface area contributed by atoms with Crippen LogP contribution in [-0.2, 0) is 11.3 Å². The van der Waals surface area contributed by atoms with Crippen LogP contribution in [0.15, 0.2) is 24.3 Å². The van der Waals surface area contributed by atoms with Gasteiger partial charge in [-0.2, -0.15) is 0 Å². The third-order valence-corrected chi connectivity index (χ3v) is 4.94. The van der Waals surface area contributed by atoms with Gasteiger partial charge in [-0.25, -0.2) is 4.79 Å². The summed E-state index contributed by atoms with van der Waals surface area (Å²) >= 11 is 1.54. The van der Waals surface area contributed by atoms with Gasteiger partial charge in [0, 0.05) is 37.4 Å². The van der Waals surface area contributed by atoms with Crippen molar-refractivity contribution in [2.24, 2.45) is 0 Å². The van der Waals surface area contributed by atoms with Gasteiger partial charge in [0.25, 0.3) is 0 Å². The summed E-state index contributed by atoms with van der Waals surface area (Å²) in [5, 5.41) is 4.54. The summed E-state index contributed by atoms with van der Waals surface area (Å²) in [5.74, 6) is -0.191. The molecule has 128 valence electrons. The van der Waals surface area contributed by atoms with Gasteiger partial charge < -0.3 is 10.1 Å². The van der Waals surface area contributed by atoms with Crippen molar-refractivity contribution in [2.45, 2.75) is 13.5 Å². The molecule has 23 heavy (non-hydrogen) atoms. The molecule has 0 aliphatic carbocycles. The van der Waals surface area contributed by atoms with Crippen molar-refractivity contribution in [3.8, 4) is 0 Å². The maximum absolute atomic E-state index is 12.2. The number of benzene rings is 1. The number of halogens is 2. The third kappa shape index (κ3) is 4.58. The summed E-state index contributed by atoms with van der Waals surface area (Å²) in [7, 11) is 0. The van der Waals surface area contributed by atoms with Gasteiger partial charge in [-0.1, -0.05) is 18.2 Å². The van der Waals surface area contributed by atoms with Crippen molar-refractivity contribution < 1.29 is 9.53 Å². The Labute approximate surface area is 153 Å². The highest BCUT2D eigenvalue weighted by atomic mass is 35.5. The second-order valence-electron chi connectivity index (χ2n) is 5.15. The highest BCUT2D eigenvalue weighted by molar-refractivity contribution is 7.21. The molecule has 1 fully saturated rings. The van der Waals surface area contributed by atoms with E-state index in [0.717, 1.165) is 47.9 Å². The summed E-state index contributed by atoms with van der Waals surface area (Å²) in [6.45, 7) is 7.15. The molecule has 4 nitrogen and oxygen atoms in total. The van der Waals surface area contributed by atoms with Crippen LogP contribution in [0.1, 0.15) is 22.2 Å². The summed E-state index contributed by atoms with van der Waals surface area (Å²) in [4.78, 5) is 15.4. The van der Waals surface area contributed by atoms with E-state index in [0.29, 0.717) is 6.61 Å². The topological polar surface area (TPSA) is 41.6 Å². The third-order valence-electron chi connectivity index (χ3n) is 3.75. The number of esters is 1. The zero-order valence-electron chi connectivity index (χ0n) is 13.0. The van der Waals surface area contributed by atoms with E-state index in [1.165, 1.54) is 5.39 Å². The number of fused-ring (bicyclic) bond motifs is 1. The molecule has 1 saturated heterocycles. The minimum absolute atomic E-state index is 0. The van der Waals surface area contributed by atoms with Crippen molar-refractivity contribution in [2.75, 3.05) is 32.8 Å². The monoisotopic (exact) mass is 376 g/mol. The minimum atomic E-state index is -0.191. The maximum Gasteiger partial charge on any atom is 0.348 e. The highest BCUT2D eigenvalue weighted by Gasteiger charge is 2.21.